The summed E-state index contributed by atoms with van der Waals surface area (Å²) in [5, 5.41) is 0. The summed E-state index contributed by atoms with van der Waals surface area (Å²) in [6.07, 6.45) is 0. The predicted octanol–water partition coefficient (Wildman–Crippen LogP) is 1.80. The van der Waals surface area contributed by atoms with Crippen molar-refractivity contribution >= 4 is 5.84 Å². The first-order chi connectivity index (χ1) is 7.36. The number of ether oxygens (including phenoxy) is 1. The van der Waals surface area contributed by atoms with Gasteiger partial charge in [0.05, 0.1) is 18.9 Å². The number of rotatable bonds is 4. The smallest absolute Gasteiger partial charge is 0.119 e. The lowest BCUT2D eigenvalue weighted by atomic mass is 10.3. The van der Waals surface area contributed by atoms with E-state index in [1.54, 1.807) is 0 Å². The van der Waals surface area contributed by atoms with E-state index in [-0.39, 0.29) is 0 Å². The van der Waals surface area contributed by atoms with Gasteiger partial charge in [0.1, 0.15) is 12.4 Å². The average Bonchev–Trinajstić information content (AvgIpc) is 2.66. The largest absolute Gasteiger partial charge is 0.492 e. The number of hydrogen-bond donors (Lipinski definition) is 0. The number of aliphatic imine (C=N–C) groups is 1. The molecule has 0 fully saturated rings. The highest BCUT2D eigenvalue weighted by molar-refractivity contribution is 5.81. The Labute approximate surface area is 90.4 Å². The molecule has 0 amide bonds. The van der Waals surface area contributed by atoms with E-state index in [4.69, 9.17) is 4.74 Å². The fourth-order valence-electron chi connectivity index (χ4n) is 1.66. The Morgan fingerprint density at radius 2 is 2.13 bits per heavy atom. The highest BCUT2D eigenvalue weighted by Gasteiger charge is 2.11. The number of para-hydroxylation sites is 1. The average molecular weight is 204 g/mol. The molecule has 0 radical (unpaired) electrons. The van der Waals surface area contributed by atoms with E-state index in [1.165, 1.54) is 0 Å². The summed E-state index contributed by atoms with van der Waals surface area (Å²) in [6, 6.07) is 9.91. The van der Waals surface area contributed by atoms with Gasteiger partial charge in [0.2, 0.25) is 0 Å². The summed E-state index contributed by atoms with van der Waals surface area (Å²) >= 11 is 0. The number of benzene rings is 1. The molecular weight excluding hydrogens is 188 g/mol. The van der Waals surface area contributed by atoms with Gasteiger partial charge >= 0.3 is 0 Å². The van der Waals surface area contributed by atoms with Gasteiger partial charge in [0, 0.05) is 6.54 Å². The van der Waals surface area contributed by atoms with Crippen molar-refractivity contribution < 1.29 is 4.74 Å². The van der Waals surface area contributed by atoms with Crippen molar-refractivity contribution in [2.75, 3.05) is 26.2 Å². The molecule has 0 unspecified atom stereocenters. The minimum atomic E-state index is 0.719. The molecule has 0 spiro atoms. The van der Waals surface area contributed by atoms with Crippen LogP contribution in [0.2, 0.25) is 0 Å². The standard InChI is InChI=1S/C12H16N2O/c1-11-13-7-8-14(11)9-10-15-12-5-3-2-4-6-12/h2-6H,7-10H2,1H3. The first kappa shape index (κ1) is 10.0. The van der Waals surface area contributed by atoms with Crippen LogP contribution in [0.3, 0.4) is 0 Å². The van der Waals surface area contributed by atoms with E-state index in [0.717, 1.165) is 37.8 Å². The molecule has 1 heterocycles. The quantitative estimate of drug-likeness (QED) is 0.747. The molecule has 0 aliphatic carbocycles. The van der Waals surface area contributed by atoms with Crippen molar-refractivity contribution in [2.24, 2.45) is 4.99 Å². The topological polar surface area (TPSA) is 24.8 Å². The van der Waals surface area contributed by atoms with Crippen molar-refractivity contribution in [1.82, 2.24) is 4.90 Å². The Bertz CT molecular complexity index is 335. The monoisotopic (exact) mass is 204 g/mol. The van der Waals surface area contributed by atoms with Crippen LogP contribution in [-0.2, 0) is 0 Å². The van der Waals surface area contributed by atoms with Crippen molar-refractivity contribution in [2.45, 2.75) is 6.92 Å². The van der Waals surface area contributed by atoms with E-state index in [1.807, 2.05) is 30.3 Å². The molecule has 1 aliphatic rings. The van der Waals surface area contributed by atoms with E-state index < -0.39 is 0 Å². The molecule has 0 saturated carbocycles. The van der Waals surface area contributed by atoms with Crippen LogP contribution in [-0.4, -0.2) is 37.0 Å². The van der Waals surface area contributed by atoms with E-state index >= 15 is 0 Å². The van der Waals surface area contributed by atoms with Crippen LogP contribution in [0, 0.1) is 0 Å². The van der Waals surface area contributed by atoms with E-state index in [9.17, 15) is 0 Å². The molecule has 2 rings (SSSR count). The van der Waals surface area contributed by atoms with Crippen LogP contribution in [0.15, 0.2) is 35.3 Å². The summed E-state index contributed by atoms with van der Waals surface area (Å²) in [4.78, 5) is 6.58. The van der Waals surface area contributed by atoms with E-state index in [0.29, 0.717) is 0 Å². The molecule has 3 heteroatoms. The summed E-state index contributed by atoms with van der Waals surface area (Å²) in [5.41, 5.74) is 0. The summed E-state index contributed by atoms with van der Waals surface area (Å²) in [7, 11) is 0. The van der Waals surface area contributed by atoms with Gasteiger partial charge in [-0.05, 0) is 19.1 Å². The Hall–Kier alpha value is -1.51. The summed E-state index contributed by atoms with van der Waals surface area (Å²) in [6.45, 7) is 5.65. The second-order valence-corrected chi connectivity index (χ2v) is 3.58. The normalized spacial score (nSPS) is 15.3. The zero-order valence-corrected chi connectivity index (χ0v) is 9.02. The minimum absolute atomic E-state index is 0.719. The van der Waals surface area contributed by atoms with Crippen LogP contribution >= 0.6 is 0 Å². The molecule has 1 aromatic rings. The lowest BCUT2D eigenvalue weighted by molar-refractivity contribution is 0.276. The number of amidine groups is 1. The Morgan fingerprint density at radius 3 is 2.80 bits per heavy atom. The molecule has 0 saturated heterocycles. The summed E-state index contributed by atoms with van der Waals surface area (Å²) < 4.78 is 5.62. The maximum absolute atomic E-state index is 5.62. The third-order valence-corrected chi connectivity index (χ3v) is 2.54. The molecule has 0 aromatic heterocycles. The van der Waals surface area contributed by atoms with Gasteiger partial charge in [-0.3, -0.25) is 4.99 Å². The second kappa shape index (κ2) is 4.82. The first-order valence-electron chi connectivity index (χ1n) is 5.30. The van der Waals surface area contributed by atoms with Gasteiger partial charge in [-0.15, -0.1) is 0 Å². The van der Waals surface area contributed by atoms with Crippen LogP contribution in [0.5, 0.6) is 5.75 Å². The highest BCUT2D eigenvalue weighted by Crippen LogP contribution is 2.08. The van der Waals surface area contributed by atoms with Crippen LogP contribution in [0.25, 0.3) is 0 Å². The molecule has 3 nitrogen and oxygen atoms in total. The molecule has 15 heavy (non-hydrogen) atoms. The van der Waals surface area contributed by atoms with Gasteiger partial charge in [-0.2, -0.15) is 0 Å². The van der Waals surface area contributed by atoms with Crippen molar-refractivity contribution in [3.63, 3.8) is 0 Å². The van der Waals surface area contributed by atoms with Gasteiger partial charge in [0.15, 0.2) is 0 Å². The third kappa shape index (κ3) is 2.72. The van der Waals surface area contributed by atoms with Crippen LogP contribution in [0.4, 0.5) is 0 Å². The highest BCUT2D eigenvalue weighted by atomic mass is 16.5. The molecule has 1 aliphatic heterocycles. The van der Waals surface area contributed by atoms with Gasteiger partial charge in [-0.1, -0.05) is 18.2 Å². The van der Waals surface area contributed by atoms with Gasteiger partial charge < -0.3 is 9.64 Å². The fraction of sp³-hybridized carbons (Fsp3) is 0.417. The van der Waals surface area contributed by atoms with E-state index in [2.05, 4.69) is 16.8 Å². The molecule has 0 bridgehead atoms. The molecule has 1 aromatic carbocycles. The molecule has 0 N–H and O–H groups in total. The molecule has 0 atom stereocenters. The number of nitrogens with zero attached hydrogens (tertiary/aromatic N) is 2. The second-order valence-electron chi connectivity index (χ2n) is 3.58. The SMILES string of the molecule is CC1=NCCN1CCOc1ccccc1. The van der Waals surface area contributed by atoms with Gasteiger partial charge in [-0.25, -0.2) is 0 Å². The fourth-order valence-corrected chi connectivity index (χ4v) is 1.66. The Balaban J connectivity index is 1.74. The first-order valence-corrected chi connectivity index (χ1v) is 5.30. The lowest BCUT2D eigenvalue weighted by Gasteiger charge is -2.17. The van der Waals surface area contributed by atoms with Crippen molar-refractivity contribution in [3.8, 4) is 5.75 Å². The molecular formula is C12H16N2O. The maximum atomic E-state index is 5.62. The minimum Gasteiger partial charge on any atom is -0.492 e. The zero-order valence-electron chi connectivity index (χ0n) is 9.02. The summed E-state index contributed by atoms with van der Waals surface area (Å²) in [5.74, 6) is 2.07. The Kier molecular flexibility index (Phi) is 3.22. The number of hydrogen-bond acceptors (Lipinski definition) is 3. The third-order valence-electron chi connectivity index (χ3n) is 2.54. The maximum Gasteiger partial charge on any atom is 0.119 e. The molecule has 80 valence electrons. The van der Waals surface area contributed by atoms with Crippen molar-refractivity contribution in [1.29, 1.82) is 0 Å². The van der Waals surface area contributed by atoms with Crippen LogP contribution < -0.4 is 4.74 Å². The Morgan fingerprint density at radius 1 is 1.33 bits per heavy atom. The van der Waals surface area contributed by atoms with Crippen LogP contribution in [0.1, 0.15) is 6.92 Å². The van der Waals surface area contributed by atoms with Crippen molar-refractivity contribution in [3.05, 3.63) is 30.3 Å². The zero-order chi connectivity index (χ0) is 10.5. The lowest BCUT2D eigenvalue weighted by Crippen LogP contribution is -2.30. The van der Waals surface area contributed by atoms with Gasteiger partial charge in [0.25, 0.3) is 0 Å². The predicted molar refractivity (Wildman–Crippen MR) is 61.5 cm³/mol.